The number of likely N-dealkylation sites (N-methyl/N-ethyl adjacent to an activating group) is 1. The molecule has 1 unspecified atom stereocenters. The van der Waals surface area contributed by atoms with E-state index in [4.69, 9.17) is 5.73 Å². The minimum absolute atomic E-state index is 0.570. The van der Waals surface area contributed by atoms with Gasteiger partial charge in [0.15, 0.2) is 0 Å². The summed E-state index contributed by atoms with van der Waals surface area (Å²) in [5, 5.41) is 0. The van der Waals surface area contributed by atoms with Crippen LogP contribution in [0.1, 0.15) is 44.9 Å². The monoisotopic (exact) mass is 239 g/mol. The van der Waals surface area contributed by atoms with Crippen molar-refractivity contribution in [3.63, 3.8) is 0 Å². The Hall–Kier alpha value is -0.120. The van der Waals surface area contributed by atoms with Crippen molar-refractivity contribution in [2.75, 3.05) is 33.2 Å². The van der Waals surface area contributed by atoms with Crippen molar-refractivity contribution < 1.29 is 0 Å². The molecule has 0 aromatic heterocycles. The Morgan fingerprint density at radius 3 is 2.35 bits per heavy atom. The summed E-state index contributed by atoms with van der Waals surface area (Å²) in [6, 6.07) is 1.42. The van der Waals surface area contributed by atoms with Crippen LogP contribution in [-0.4, -0.2) is 55.1 Å². The summed E-state index contributed by atoms with van der Waals surface area (Å²) in [5.74, 6) is 0. The van der Waals surface area contributed by atoms with E-state index in [1.807, 2.05) is 0 Å². The molecule has 2 N–H and O–H groups in total. The van der Waals surface area contributed by atoms with E-state index in [0.29, 0.717) is 6.04 Å². The number of nitrogens with two attached hydrogens (primary N) is 1. The zero-order valence-corrected chi connectivity index (χ0v) is 11.4. The van der Waals surface area contributed by atoms with Gasteiger partial charge in [-0.25, -0.2) is 0 Å². The second-order valence-corrected chi connectivity index (χ2v) is 5.86. The van der Waals surface area contributed by atoms with Crippen molar-refractivity contribution in [2.45, 2.75) is 57.0 Å². The molecule has 3 heteroatoms. The summed E-state index contributed by atoms with van der Waals surface area (Å²) >= 11 is 0. The second-order valence-electron chi connectivity index (χ2n) is 5.86. The van der Waals surface area contributed by atoms with Gasteiger partial charge >= 0.3 is 0 Å². The molecular weight excluding hydrogens is 210 g/mol. The quantitative estimate of drug-likeness (QED) is 0.744. The lowest BCUT2D eigenvalue weighted by molar-refractivity contribution is 0.155. The first-order chi connectivity index (χ1) is 8.31. The van der Waals surface area contributed by atoms with Gasteiger partial charge in [0.05, 0.1) is 0 Å². The maximum absolute atomic E-state index is 5.92. The second kappa shape index (κ2) is 6.72. The predicted molar refractivity (Wildman–Crippen MR) is 73.2 cm³/mol. The highest BCUT2D eigenvalue weighted by Gasteiger charge is 2.26. The topological polar surface area (TPSA) is 32.5 Å². The fraction of sp³-hybridized carbons (Fsp3) is 1.00. The first-order valence-corrected chi connectivity index (χ1v) is 7.45. The van der Waals surface area contributed by atoms with Crippen molar-refractivity contribution >= 4 is 0 Å². The molecule has 0 bridgehead atoms. The molecule has 1 saturated heterocycles. The highest BCUT2D eigenvalue weighted by Crippen LogP contribution is 2.23. The van der Waals surface area contributed by atoms with Gasteiger partial charge in [-0.15, -0.1) is 0 Å². The van der Waals surface area contributed by atoms with Crippen molar-refractivity contribution in [2.24, 2.45) is 5.73 Å². The Balaban J connectivity index is 1.93. The lowest BCUT2D eigenvalue weighted by atomic mass is 10.1. The van der Waals surface area contributed by atoms with Crippen LogP contribution in [0, 0.1) is 0 Å². The van der Waals surface area contributed by atoms with Gasteiger partial charge < -0.3 is 10.6 Å². The fourth-order valence-corrected chi connectivity index (χ4v) is 3.42. The summed E-state index contributed by atoms with van der Waals surface area (Å²) in [6.07, 6.45) is 9.91. The van der Waals surface area contributed by atoms with Crippen LogP contribution in [0.3, 0.4) is 0 Å². The first kappa shape index (κ1) is 13.3. The Morgan fingerprint density at radius 1 is 1.00 bits per heavy atom. The molecule has 2 rings (SSSR count). The maximum Gasteiger partial charge on any atom is 0.0342 e. The molecule has 0 radical (unpaired) electrons. The summed E-state index contributed by atoms with van der Waals surface area (Å²) < 4.78 is 0. The van der Waals surface area contributed by atoms with E-state index in [0.717, 1.165) is 12.6 Å². The zero-order chi connectivity index (χ0) is 12.1. The van der Waals surface area contributed by atoms with Crippen molar-refractivity contribution in [1.82, 2.24) is 9.80 Å². The van der Waals surface area contributed by atoms with E-state index < -0.39 is 0 Å². The van der Waals surface area contributed by atoms with E-state index in [9.17, 15) is 0 Å². The normalized spacial score (nSPS) is 31.1. The van der Waals surface area contributed by atoms with E-state index in [1.54, 1.807) is 0 Å². The van der Waals surface area contributed by atoms with Gasteiger partial charge in [0.1, 0.15) is 0 Å². The van der Waals surface area contributed by atoms with E-state index in [1.165, 1.54) is 64.6 Å². The third kappa shape index (κ3) is 3.67. The zero-order valence-electron chi connectivity index (χ0n) is 11.4. The van der Waals surface area contributed by atoms with Crippen LogP contribution in [0.5, 0.6) is 0 Å². The number of hydrogen-bond acceptors (Lipinski definition) is 3. The number of nitrogens with zero attached hydrogens (tertiary/aromatic N) is 2. The number of rotatable bonds is 2. The van der Waals surface area contributed by atoms with Gasteiger partial charge in [-0.05, 0) is 39.4 Å². The lowest BCUT2D eigenvalue weighted by Gasteiger charge is -2.33. The molecule has 100 valence electrons. The lowest BCUT2D eigenvalue weighted by Crippen LogP contribution is -2.46. The predicted octanol–water partition coefficient (Wildman–Crippen LogP) is 1.67. The Bertz CT molecular complexity index is 212. The van der Waals surface area contributed by atoms with Crippen LogP contribution in [0.4, 0.5) is 0 Å². The molecule has 0 spiro atoms. The molecule has 2 aliphatic rings. The SMILES string of the molecule is CN1CCCN(C2CCCCCC2)CC1CN. The highest BCUT2D eigenvalue weighted by atomic mass is 15.2. The third-order valence-corrected chi connectivity index (χ3v) is 4.64. The Labute approximate surface area is 106 Å². The molecule has 1 heterocycles. The summed E-state index contributed by atoms with van der Waals surface area (Å²) in [5.41, 5.74) is 5.92. The molecular formula is C14H29N3. The average Bonchev–Trinajstić information content (AvgIpc) is 2.69. The van der Waals surface area contributed by atoms with E-state index in [2.05, 4.69) is 16.8 Å². The highest BCUT2D eigenvalue weighted by molar-refractivity contribution is 4.83. The van der Waals surface area contributed by atoms with E-state index in [-0.39, 0.29) is 0 Å². The molecule has 0 aromatic carbocycles. The van der Waals surface area contributed by atoms with E-state index >= 15 is 0 Å². The maximum atomic E-state index is 5.92. The Morgan fingerprint density at radius 2 is 1.71 bits per heavy atom. The van der Waals surface area contributed by atoms with Crippen LogP contribution in [0.2, 0.25) is 0 Å². The van der Waals surface area contributed by atoms with Crippen LogP contribution < -0.4 is 5.73 Å². The smallest absolute Gasteiger partial charge is 0.0342 e. The summed E-state index contributed by atoms with van der Waals surface area (Å²) in [4.78, 5) is 5.20. The van der Waals surface area contributed by atoms with Crippen molar-refractivity contribution in [1.29, 1.82) is 0 Å². The largest absolute Gasteiger partial charge is 0.329 e. The van der Waals surface area contributed by atoms with Gasteiger partial charge in [-0.3, -0.25) is 4.90 Å². The molecule has 1 atom stereocenters. The third-order valence-electron chi connectivity index (χ3n) is 4.64. The molecule has 0 amide bonds. The molecule has 1 saturated carbocycles. The fourth-order valence-electron chi connectivity index (χ4n) is 3.42. The minimum Gasteiger partial charge on any atom is -0.329 e. The standard InChI is InChI=1S/C14H29N3/c1-16-9-6-10-17(12-14(16)11-15)13-7-4-2-3-5-8-13/h13-14H,2-12,15H2,1H3. The molecule has 3 nitrogen and oxygen atoms in total. The first-order valence-electron chi connectivity index (χ1n) is 7.45. The van der Waals surface area contributed by atoms with Gasteiger partial charge in [-0.2, -0.15) is 0 Å². The van der Waals surface area contributed by atoms with Crippen LogP contribution in [-0.2, 0) is 0 Å². The van der Waals surface area contributed by atoms with Crippen molar-refractivity contribution in [3.8, 4) is 0 Å². The van der Waals surface area contributed by atoms with Crippen LogP contribution in [0.25, 0.3) is 0 Å². The molecule has 2 fully saturated rings. The molecule has 0 aromatic rings. The summed E-state index contributed by atoms with van der Waals surface area (Å²) in [6.45, 7) is 4.49. The van der Waals surface area contributed by atoms with Gasteiger partial charge in [-0.1, -0.05) is 25.7 Å². The molecule has 1 aliphatic carbocycles. The van der Waals surface area contributed by atoms with Gasteiger partial charge in [0, 0.05) is 25.2 Å². The molecule has 1 aliphatic heterocycles. The molecule has 17 heavy (non-hydrogen) atoms. The summed E-state index contributed by atoms with van der Waals surface area (Å²) in [7, 11) is 2.23. The van der Waals surface area contributed by atoms with Crippen LogP contribution in [0.15, 0.2) is 0 Å². The Kier molecular flexibility index (Phi) is 5.26. The van der Waals surface area contributed by atoms with Crippen molar-refractivity contribution in [3.05, 3.63) is 0 Å². The minimum atomic E-state index is 0.570. The van der Waals surface area contributed by atoms with Gasteiger partial charge in [0.2, 0.25) is 0 Å². The number of hydrogen-bond donors (Lipinski definition) is 1. The van der Waals surface area contributed by atoms with Gasteiger partial charge in [0.25, 0.3) is 0 Å². The average molecular weight is 239 g/mol. The van der Waals surface area contributed by atoms with Crippen LogP contribution >= 0.6 is 0 Å².